The fourth-order valence-corrected chi connectivity index (χ4v) is 4.87. The Morgan fingerprint density at radius 3 is 2.29 bits per heavy atom. The molecule has 0 aromatic heterocycles. The number of carbonyl (C=O) groups is 2. The summed E-state index contributed by atoms with van der Waals surface area (Å²) in [6, 6.07) is 8.28. The number of esters is 2. The van der Waals surface area contributed by atoms with Gasteiger partial charge in [0.05, 0.1) is 17.1 Å². The molecule has 0 radical (unpaired) electrons. The van der Waals surface area contributed by atoms with Crippen molar-refractivity contribution in [3.05, 3.63) is 52.7 Å². The number of ether oxygens (including phenoxy) is 2. The summed E-state index contributed by atoms with van der Waals surface area (Å²) in [5.74, 6) is -0.895. The highest BCUT2D eigenvalue weighted by atomic mass is 127. The summed E-state index contributed by atoms with van der Waals surface area (Å²) in [5, 5.41) is 0. The molecule has 7 nitrogen and oxygen atoms in total. The molecule has 0 N–H and O–H groups in total. The number of rotatable bonds is 7. The molecular weight excluding hydrogens is 729 g/mol. The van der Waals surface area contributed by atoms with Gasteiger partial charge in [-0.25, -0.2) is 13.2 Å². The Bertz CT molecular complexity index is 989. The third kappa shape index (κ3) is 7.07. The van der Waals surface area contributed by atoms with Crippen molar-refractivity contribution in [2.24, 2.45) is 0 Å². The van der Waals surface area contributed by atoms with Crippen LogP contribution in [0.4, 0.5) is 0 Å². The molecule has 0 bridgehead atoms. The number of hydrogen-bond donors (Lipinski definition) is 0. The average Bonchev–Trinajstić information content (AvgIpc) is 2.61. The van der Waals surface area contributed by atoms with Gasteiger partial charge in [0.1, 0.15) is 15.9 Å². The van der Waals surface area contributed by atoms with E-state index in [1.165, 1.54) is 12.1 Å². The van der Waals surface area contributed by atoms with Crippen molar-refractivity contribution in [2.45, 2.75) is 17.7 Å². The molecule has 0 unspecified atom stereocenters. The number of carbonyl (C=O) groups excluding carboxylic acids is 2. The second-order valence-electron chi connectivity index (χ2n) is 5.39. The maximum Gasteiger partial charge on any atom is 0.339 e. The smallest absolute Gasteiger partial charge is 0.339 e. The van der Waals surface area contributed by atoms with Crippen LogP contribution in [0.5, 0.6) is 5.75 Å². The van der Waals surface area contributed by atoms with Crippen molar-refractivity contribution < 1.29 is 32.0 Å². The quantitative estimate of drug-likeness (QED) is 0.106. The van der Waals surface area contributed by atoms with Crippen LogP contribution < -0.4 is 4.74 Å². The van der Waals surface area contributed by atoms with Crippen molar-refractivity contribution in [1.29, 1.82) is 0 Å². The van der Waals surface area contributed by atoms with Gasteiger partial charge in [-0.05, 0) is 111 Å². The molecule has 0 amide bonds. The zero-order valence-electron chi connectivity index (χ0n) is 14.0. The molecule has 2 rings (SSSR count). The van der Waals surface area contributed by atoms with Crippen molar-refractivity contribution in [3.8, 4) is 5.75 Å². The van der Waals surface area contributed by atoms with Crippen LogP contribution in [0, 0.1) is 10.7 Å². The van der Waals surface area contributed by atoms with Gasteiger partial charge in [-0.3, -0.25) is 4.79 Å². The zero-order chi connectivity index (χ0) is 20.9. The summed E-state index contributed by atoms with van der Waals surface area (Å²) >= 11 is 6.36. The number of hydrogen-bond acceptors (Lipinski definition) is 7. The molecular formula is C17H12I3O7S-. The molecule has 0 spiro atoms. The Morgan fingerprint density at radius 2 is 1.68 bits per heavy atom. The first-order valence-electron chi connectivity index (χ1n) is 7.66. The van der Waals surface area contributed by atoms with E-state index in [-0.39, 0.29) is 25.2 Å². The molecule has 150 valence electrons. The molecule has 2 aromatic rings. The Balaban J connectivity index is 1.80. The van der Waals surface area contributed by atoms with E-state index in [0.717, 1.165) is 22.8 Å². The lowest BCUT2D eigenvalue weighted by Crippen LogP contribution is -2.12. The van der Waals surface area contributed by atoms with E-state index in [9.17, 15) is 22.6 Å². The SMILES string of the molecule is O=C(CCCOC(=O)c1cc(I)cc(I)c1I)Oc1ccc(S(=O)(=O)[O-])cc1. The highest BCUT2D eigenvalue weighted by molar-refractivity contribution is 14.1. The monoisotopic (exact) mass is 741 g/mol. The lowest BCUT2D eigenvalue weighted by atomic mass is 10.2. The Labute approximate surface area is 202 Å². The fourth-order valence-electron chi connectivity index (χ4n) is 2.02. The van der Waals surface area contributed by atoms with E-state index in [2.05, 4.69) is 67.8 Å². The zero-order valence-corrected chi connectivity index (χ0v) is 21.3. The van der Waals surface area contributed by atoms with E-state index in [4.69, 9.17) is 9.47 Å². The molecule has 0 atom stereocenters. The molecule has 0 aliphatic heterocycles. The summed E-state index contributed by atoms with van der Waals surface area (Å²) in [4.78, 5) is 23.6. The standard InChI is InChI=1S/C17H13I3O7S/c18-10-8-13(16(20)14(19)9-10)17(22)26-7-1-2-15(21)27-11-3-5-12(6-4-11)28(23,24)25/h3-6,8-9H,1-2,7H2,(H,23,24,25)/p-1. The fraction of sp³-hybridized carbons (Fsp3) is 0.176. The molecule has 28 heavy (non-hydrogen) atoms. The van der Waals surface area contributed by atoms with Gasteiger partial charge < -0.3 is 14.0 Å². The van der Waals surface area contributed by atoms with Crippen LogP contribution in [0.1, 0.15) is 23.2 Å². The second-order valence-corrected chi connectivity index (χ2v) is 10.3. The van der Waals surface area contributed by atoms with Crippen molar-refractivity contribution in [3.63, 3.8) is 0 Å². The third-order valence-corrected chi connectivity index (χ3v) is 7.83. The summed E-state index contributed by atoms with van der Waals surface area (Å²) in [6.07, 6.45) is 0.283. The Kier molecular flexibility index (Phi) is 8.90. The van der Waals surface area contributed by atoms with Gasteiger partial charge in [-0.2, -0.15) is 0 Å². The van der Waals surface area contributed by atoms with E-state index in [0.29, 0.717) is 5.56 Å². The molecule has 0 saturated carbocycles. The first kappa shape index (κ1) is 23.8. The summed E-state index contributed by atoms with van der Waals surface area (Å²) < 4.78 is 45.5. The highest BCUT2D eigenvalue weighted by Gasteiger charge is 2.15. The molecule has 11 heteroatoms. The van der Waals surface area contributed by atoms with Crippen LogP contribution in [0.2, 0.25) is 0 Å². The average molecular weight is 741 g/mol. The van der Waals surface area contributed by atoms with E-state index < -0.39 is 27.0 Å². The number of benzene rings is 2. The molecule has 0 fully saturated rings. The molecule has 0 aliphatic carbocycles. The van der Waals surface area contributed by atoms with Crippen LogP contribution in [0.3, 0.4) is 0 Å². The van der Waals surface area contributed by atoms with Crippen molar-refractivity contribution in [2.75, 3.05) is 6.61 Å². The van der Waals surface area contributed by atoms with Crippen LogP contribution >= 0.6 is 67.8 Å². The minimum absolute atomic E-state index is 0.00976. The van der Waals surface area contributed by atoms with Gasteiger partial charge in [0.25, 0.3) is 0 Å². The van der Waals surface area contributed by atoms with Crippen molar-refractivity contribution >= 4 is 89.8 Å². The van der Waals surface area contributed by atoms with Crippen LogP contribution in [0.15, 0.2) is 41.3 Å². The van der Waals surface area contributed by atoms with Crippen LogP contribution in [-0.4, -0.2) is 31.5 Å². The topological polar surface area (TPSA) is 110 Å². The van der Waals surface area contributed by atoms with Gasteiger partial charge in [0.15, 0.2) is 0 Å². The lowest BCUT2D eigenvalue weighted by molar-refractivity contribution is -0.134. The summed E-state index contributed by atoms with van der Waals surface area (Å²) in [6.45, 7) is 0.0550. The van der Waals surface area contributed by atoms with Gasteiger partial charge in [-0.1, -0.05) is 0 Å². The second kappa shape index (κ2) is 10.5. The first-order chi connectivity index (χ1) is 13.1. The van der Waals surface area contributed by atoms with Crippen LogP contribution in [0.25, 0.3) is 0 Å². The highest BCUT2D eigenvalue weighted by Crippen LogP contribution is 2.23. The number of halogens is 3. The third-order valence-electron chi connectivity index (χ3n) is 3.32. The van der Waals surface area contributed by atoms with Gasteiger partial charge in [0, 0.05) is 17.1 Å². The van der Waals surface area contributed by atoms with E-state index in [1.54, 1.807) is 6.07 Å². The van der Waals surface area contributed by atoms with E-state index >= 15 is 0 Å². The lowest BCUT2D eigenvalue weighted by Gasteiger charge is -2.09. The first-order valence-corrected chi connectivity index (χ1v) is 12.3. The largest absolute Gasteiger partial charge is 0.744 e. The molecule has 0 heterocycles. The predicted molar refractivity (Wildman–Crippen MR) is 124 cm³/mol. The molecule has 2 aromatic carbocycles. The summed E-state index contributed by atoms with van der Waals surface area (Å²) in [5.41, 5.74) is 0.480. The predicted octanol–water partition coefficient (Wildman–Crippen LogP) is 3.95. The minimum atomic E-state index is -4.55. The normalized spacial score (nSPS) is 11.1. The maximum atomic E-state index is 12.2. The molecule has 0 aliphatic rings. The van der Waals surface area contributed by atoms with Gasteiger partial charge >= 0.3 is 11.9 Å². The minimum Gasteiger partial charge on any atom is -0.744 e. The Hall–Kier alpha value is -0.520. The maximum absolute atomic E-state index is 12.2. The molecule has 0 saturated heterocycles. The van der Waals surface area contributed by atoms with Crippen LogP contribution in [-0.2, 0) is 19.6 Å². The van der Waals surface area contributed by atoms with E-state index in [1.807, 2.05) is 6.07 Å². The summed E-state index contributed by atoms with van der Waals surface area (Å²) in [7, 11) is -4.55. The van der Waals surface area contributed by atoms with Crippen molar-refractivity contribution in [1.82, 2.24) is 0 Å². The van der Waals surface area contributed by atoms with Gasteiger partial charge in [0.2, 0.25) is 0 Å². The Morgan fingerprint density at radius 1 is 1.04 bits per heavy atom. The van der Waals surface area contributed by atoms with Gasteiger partial charge in [-0.15, -0.1) is 0 Å².